The molecule has 17 heavy (non-hydrogen) atoms. The molecule has 0 unspecified atom stereocenters. The maximum absolute atomic E-state index is 11.8. The van der Waals surface area contributed by atoms with Crippen LogP contribution in [0.4, 0.5) is 26.3 Å². The highest BCUT2D eigenvalue weighted by Gasteiger charge is 2.30. The average molecular weight is 256 g/mol. The summed E-state index contributed by atoms with van der Waals surface area (Å²) in [6.07, 6.45) is -8.53. The van der Waals surface area contributed by atoms with E-state index in [4.69, 9.17) is 0 Å². The predicted molar refractivity (Wildman–Crippen MR) is 48.2 cm³/mol. The third kappa shape index (κ3) is 5.84. The van der Waals surface area contributed by atoms with E-state index in [0.717, 1.165) is 30.3 Å². The highest BCUT2D eigenvalue weighted by Crippen LogP contribution is 2.24. The van der Waals surface area contributed by atoms with Crippen molar-refractivity contribution in [3.63, 3.8) is 0 Å². The largest absolute Gasteiger partial charge is 0.573 e. The lowest BCUT2D eigenvalue weighted by Crippen LogP contribution is -2.16. The Morgan fingerprint density at radius 1 is 0.882 bits per heavy atom. The molecule has 1 nitrogen and oxygen atoms in total. The minimum Gasteiger partial charge on any atom is -0.406 e. The summed E-state index contributed by atoms with van der Waals surface area (Å²) >= 11 is 0. The Hall–Kier alpha value is -1.66. The second-order valence-electron chi connectivity index (χ2n) is 2.99. The zero-order valence-corrected chi connectivity index (χ0v) is 8.14. The minimum absolute atomic E-state index is 0.00732. The lowest BCUT2D eigenvalue weighted by molar-refractivity contribution is -0.274. The van der Waals surface area contributed by atoms with Crippen LogP contribution >= 0.6 is 0 Å². The highest BCUT2D eigenvalue weighted by molar-refractivity contribution is 5.51. The molecule has 0 aliphatic rings. The van der Waals surface area contributed by atoms with Crippen molar-refractivity contribution in [3.8, 4) is 5.75 Å². The Kier molecular flexibility index (Phi) is 3.69. The molecular formula is C10H6F6O. The van der Waals surface area contributed by atoms with Crippen molar-refractivity contribution in [2.24, 2.45) is 0 Å². The third-order valence-electron chi connectivity index (χ3n) is 1.58. The molecule has 0 atom stereocenters. The van der Waals surface area contributed by atoms with E-state index in [-0.39, 0.29) is 11.6 Å². The molecular weight excluding hydrogens is 250 g/mol. The van der Waals surface area contributed by atoms with Crippen molar-refractivity contribution in [3.05, 3.63) is 35.9 Å². The molecule has 7 heteroatoms. The third-order valence-corrected chi connectivity index (χ3v) is 1.58. The zero-order chi connectivity index (χ0) is 13.1. The summed E-state index contributed by atoms with van der Waals surface area (Å²) in [5, 5.41) is 0. The van der Waals surface area contributed by atoms with E-state index in [1.54, 1.807) is 0 Å². The van der Waals surface area contributed by atoms with Gasteiger partial charge in [-0.2, -0.15) is 13.2 Å². The van der Waals surface area contributed by atoms with Crippen LogP contribution in [0.25, 0.3) is 6.08 Å². The van der Waals surface area contributed by atoms with Gasteiger partial charge in [-0.05, 0) is 17.7 Å². The van der Waals surface area contributed by atoms with Crippen molar-refractivity contribution >= 4 is 6.08 Å². The molecule has 0 fully saturated rings. The number of allylic oxidation sites excluding steroid dienone is 1. The molecule has 0 saturated heterocycles. The lowest BCUT2D eigenvalue weighted by Gasteiger charge is -2.08. The van der Waals surface area contributed by atoms with Gasteiger partial charge in [-0.1, -0.05) is 18.2 Å². The van der Waals surface area contributed by atoms with Crippen LogP contribution in [0, 0.1) is 0 Å². The number of hydrogen-bond acceptors (Lipinski definition) is 1. The molecule has 0 spiro atoms. The van der Waals surface area contributed by atoms with Gasteiger partial charge in [-0.15, -0.1) is 13.2 Å². The quantitative estimate of drug-likeness (QED) is 0.722. The normalized spacial score (nSPS) is 13.1. The number of alkyl halides is 6. The number of rotatable bonds is 2. The molecule has 0 amide bonds. The molecule has 0 aromatic heterocycles. The molecule has 94 valence electrons. The van der Waals surface area contributed by atoms with Crippen LogP contribution in [0.15, 0.2) is 30.3 Å². The average Bonchev–Trinajstić information content (AvgIpc) is 2.13. The fraction of sp³-hybridized carbons (Fsp3) is 0.200. The topological polar surface area (TPSA) is 9.23 Å². The van der Waals surface area contributed by atoms with E-state index < -0.39 is 18.3 Å². The summed E-state index contributed by atoms with van der Waals surface area (Å²) in [6.45, 7) is 0. The van der Waals surface area contributed by atoms with Crippen LogP contribution < -0.4 is 4.74 Å². The fourth-order valence-electron chi connectivity index (χ4n) is 0.971. The van der Waals surface area contributed by atoms with Gasteiger partial charge in [0.05, 0.1) is 0 Å². The van der Waals surface area contributed by atoms with Gasteiger partial charge in [-0.3, -0.25) is 0 Å². The van der Waals surface area contributed by atoms with Crippen LogP contribution in [0.1, 0.15) is 5.56 Å². The van der Waals surface area contributed by atoms with Gasteiger partial charge in [0, 0.05) is 6.08 Å². The highest BCUT2D eigenvalue weighted by atomic mass is 19.4. The van der Waals surface area contributed by atoms with Gasteiger partial charge in [0.1, 0.15) is 5.75 Å². The first kappa shape index (κ1) is 13.4. The summed E-state index contributed by atoms with van der Waals surface area (Å²) in [6, 6.07) is 4.04. The molecule has 0 radical (unpaired) electrons. The van der Waals surface area contributed by atoms with E-state index in [1.807, 2.05) is 0 Å². The molecule has 1 aromatic rings. The van der Waals surface area contributed by atoms with Gasteiger partial charge in [-0.25, -0.2) is 0 Å². The van der Waals surface area contributed by atoms with Crippen molar-refractivity contribution in [1.29, 1.82) is 0 Å². The van der Waals surface area contributed by atoms with Crippen molar-refractivity contribution < 1.29 is 31.1 Å². The van der Waals surface area contributed by atoms with Crippen molar-refractivity contribution in [2.45, 2.75) is 12.5 Å². The first-order chi connectivity index (χ1) is 7.66. The van der Waals surface area contributed by atoms with Crippen molar-refractivity contribution in [2.75, 3.05) is 0 Å². The van der Waals surface area contributed by atoms with Gasteiger partial charge in [0.25, 0.3) is 0 Å². The van der Waals surface area contributed by atoms with Gasteiger partial charge in [0.15, 0.2) is 0 Å². The number of ether oxygens (including phenoxy) is 1. The summed E-state index contributed by atoms with van der Waals surface area (Å²) in [7, 11) is 0. The second kappa shape index (κ2) is 4.68. The maximum Gasteiger partial charge on any atom is 0.573 e. The van der Waals surface area contributed by atoms with Gasteiger partial charge < -0.3 is 4.74 Å². The summed E-state index contributed by atoms with van der Waals surface area (Å²) in [5.74, 6) is -0.485. The van der Waals surface area contributed by atoms with Crippen LogP contribution in [-0.2, 0) is 0 Å². The zero-order valence-electron chi connectivity index (χ0n) is 8.14. The Balaban J connectivity index is 2.72. The van der Waals surface area contributed by atoms with Gasteiger partial charge in [0.2, 0.25) is 0 Å². The molecule has 0 aliphatic carbocycles. The van der Waals surface area contributed by atoms with Crippen LogP contribution in [0.2, 0.25) is 0 Å². The van der Waals surface area contributed by atoms with Crippen molar-refractivity contribution in [1.82, 2.24) is 0 Å². The molecule has 0 heterocycles. The number of hydrogen-bond donors (Lipinski definition) is 0. The lowest BCUT2D eigenvalue weighted by atomic mass is 10.2. The molecule has 0 bridgehead atoms. The first-order valence-electron chi connectivity index (χ1n) is 4.27. The SMILES string of the molecule is FC(F)(F)/C=C/c1ccc(OC(F)(F)F)cc1. The summed E-state index contributed by atoms with van der Waals surface area (Å²) < 4.78 is 74.2. The molecule has 0 saturated carbocycles. The van der Waals surface area contributed by atoms with E-state index in [0.29, 0.717) is 0 Å². The van der Waals surface area contributed by atoms with E-state index in [9.17, 15) is 26.3 Å². The Labute approximate surface area is 92.3 Å². The van der Waals surface area contributed by atoms with E-state index in [2.05, 4.69) is 4.74 Å². The second-order valence-corrected chi connectivity index (χ2v) is 2.99. The smallest absolute Gasteiger partial charge is 0.406 e. The number of halogens is 6. The fourth-order valence-corrected chi connectivity index (χ4v) is 0.971. The summed E-state index contributed by atoms with van der Waals surface area (Å²) in [4.78, 5) is 0. The Morgan fingerprint density at radius 3 is 1.82 bits per heavy atom. The molecule has 1 aromatic carbocycles. The maximum atomic E-state index is 11.8. The monoisotopic (exact) mass is 256 g/mol. The van der Waals surface area contributed by atoms with Crippen LogP contribution in [0.5, 0.6) is 5.75 Å². The Bertz CT molecular complexity index is 387. The Morgan fingerprint density at radius 2 is 1.41 bits per heavy atom. The van der Waals surface area contributed by atoms with Crippen LogP contribution in [0.3, 0.4) is 0 Å². The molecule has 0 aliphatic heterocycles. The predicted octanol–water partition coefficient (Wildman–Crippen LogP) is 4.16. The standard InChI is InChI=1S/C10H6F6O/c11-9(12,13)6-5-7-1-3-8(4-2-7)17-10(14,15)16/h1-6H/b6-5+. The van der Waals surface area contributed by atoms with E-state index >= 15 is 0 Å². The molecule has 0 N–H and O–H groups in total. The summed E-state index contributed by atoms with van der Waals surface area (Å²) in [5.41, 5.74) is 0.122. The molecule has 1 rings (SSSR count). The van der Waals surface area contributed by atoms with E-state index in [1.165, 1.54) is 0 Å². The van der Waals surface area contributed by atoms with Gasteiger partial charge >= 0.3 is 12.5 Å². The minimum atomic E-state index is -4.82. The van der Waals surface area contributed by atoms with Crippen LogP contribution in [-0.4, -0.2) is 12.5 Å². The number of benzene rings is 1. The first-order valence-corrected chi connectivity index (χ1v) is 4.27.